The summed E-state index contributed by atoms with van der Waals surface area (Å²) in [6.45, 7) is 7.16. The van der Waals surface area contributed by atoms with E-state index in [-0.39, 0.29) is 12.2 Å². The molecule has 0 saturated heterocycles. The van der Waals surface area contributed by atoms with Crippen LogP contribution < -0.4 is 0 Å². The highest BCUT2D eigenvalue weighted by molar-refractivity contribution is 6.23. The van der Waals surface area contributed by atoms with Crippen LogP contribution in [0.3, 0.4) is 0 Å². The lowest BCUT2D eigenvalue weighted by Gasteiger charge is -2.26. The number of nitrogens with zero attached hydrogens (tertiary/aromatic N) is 1. The molecule has 0 amide bonds. The van der Waals surface area contributed by atoms with Gasteiger partial charge in [-0.15, -0.1) is 0 Å². The fraction of sp³-hybridized carbons (Fsp3) is 0.600. The standard InChI is InChI=1S/C15H21NO7/c1-7-22-15(8-16-14(2,3)4)10(13(19)21-6)9(11(17)20-5)12(18)23-15/h8H,7H2,1-6H3. The van der Waals surface area contributed by atoms with E-state index >= 15 is 0 Å². The maximum atomic E-state index is 12.1. The zero-order valence-electron chi connectivity index (χ0n) is 14.1. The molecular weight excluding hydrogens is 306 g/mol. The number of aliphatic imine (C=N–C) groups is 1. The molecule has 23 heavy (non-hydrogen) atoms. The maximum Gasteiger partial charge on any atom is 0.349 e. The molecule has 0 bridgehead atoms. The largest absolute Gasteiger partial charge is 0.465 e. The average molecular weight is 327 g/mol. The molecule has 0 aromatic carbocycles. The summed E-state index contributed by atoms with van der Waals surface area (Å²) < 4.78 is 19.8. The predicted octanol–water partition coefficient (Wildman–Crippen LogP) is 0.788. The lowest BCUT2D eigenvalue weighted by Crippen LogP contribution is -2.41. The number of hydrogen-bond acceptors (Lipinski definition) is 8. The molecule has 0 fully saturated rings. The molecule has 8 heteroatoms. The first-order valence-corrected chi connectivity index (χ1v) is 6.97. The lowest BCUT2D eigenvalue weighted by molar-refractivity contribution is -0.176. The first-order valence-electron chi connectivity index (χ1n) is 6.97. The minimum atomic E-state index is -1.92. The second-order valence-electron chi connectivity index (χ2n) is 5.65. The zero-order chi connectivity index (χ0) is 17.8. The van der Waals surface area contributed by atoms with Crippen LogP contribution in [0.2, 0.25) is 0 Å². The molecule has 128 valence electrons. The van der Waals surface area contributed by atoms with Gasteiger partial charge in [-0.25, -0.2) is 14.4 Å². The fourth-order valence-electron chi connectivity index (χ4n) is 1.87. The van der Waals surface area contributed by atoms with Crippen molar-refractivity contribution >= 4 is 24.1 Å². The van der Waals surface area contributed by atoms with Gasteiger partial charge in [0, 0.05) is 6.61 Å². The Morgan fingerprint density at radius 1 is 1.22 bits per heavy atom. The number of ether oxygens (including phenoxy) is 4. The van der Waals surface area contributed by atoms with Crippen molar-refractivity contribution in [3.8, 4) is 0 Å². The molecule has 0 saturated carbocycles. The number of carbonyl (C=O) groups excluding carboxylic acids is 3. The van der Waals surface area contributed by atoms with E-state index in [2.05, 4.69) is 14.5 Å². The van der Waals surface area contributed by atoms with E-state index in [0.29, 0.717) is 0 Å². The topological polar surface area (TPSA) is 100 Å². The third-order valence-corrected chi connectivity index (χ3v) is 2.81. The molecule has 1 heterocycles. The minimum absolute atomic E-state index is 0.0956. The molecule has 1 aliphatic heterocycles. The van der Waals surface area contributed by atoms with E-state index in [1.165, 1.54) is 6.21 Å². The van der Waals surface area contributed by atoms with Gasteiger partial charge in [0.05, 0.1) is 26.0 Å². The van der Waals surface area contributed by atoms with Crippen LogP contribution >= 0.6 is 0 Å². The van der Waals surface area contributed by atoms with E-state index in [4.69, 9.17) is 9.47 Å². The molecule has 1 unspecified atom stereocenters. The van der Waals surface area contributed by atoms with Gasteiger partial charge in [-0.05, 0) is 27.7 Å². The zero-order valence-corrected chi connectivity index (χ0v) is 14.1. The van der Waals surface area contributed by atoms with Crippen LogP contribution in [0.5, 0.6) is 0 Å². The van der Waals surface area contributed by atoms with Crippen LogP contribution in [0.4, 0.5) is 0 Å². The number of methoxy groups -OCH3 is 2. The Balaban J connectivity index is 3.58. The molecule has 8 nitrogen and oxygen atoms in total. The Hall–Kier alpha value is -2.22. The quantitative estimate of drug-likeness (QED) is 0.318. The molecular formula is C15H21NO7. The summed E-state index contributed by atoms with van der Waals surface area (Å²) >= 11 is 0. The van der Waals surface area contributed by atoms with Crippen molar-refractivity contribution in [2.24, 2.45) is 4.99 Å². The predicted molar refractivity (Wildman–Crippen MR) is 79.8 cm³/mol. The van der Waals surface area contributed by atoms with Gasteiger partial charge in [0.15, 0.2) is 5.57 Å². The van der Waals surface area contributed by atoms with Crippen LogP contribution in [-0.4, -0.2) is 56.3 Å². The highest BCUT2D eigenvalue weighted by Crippen LogP contribution is 2.35. The minimum Gasteiger partial charge on any atom is -0.465 e. The normalized spacial score (nSPS) is 21.6. The van der Waals surface area contributed by atoms with Gasteiger partial charge in [0.25, 0.3) is 5.79 Å². The molecule has 0 spiro atoms. The van der Waals surface area contributed by atoms with Crippen molar-refractivity contribution in [3.63, 3.8) is 0 Å². The molecule has 0 aromatic rings. The SMILES string of the molecule is CCOC1(C=NC(C)(C)C)OC(=O)C(C(=O)OC)=C1C(=O)OC. The van der Waals surface area contributed by atoms with E-state index in [0.717, 1.165) is 14.2 Å². The van der Waals surface area contributed by atoms with Crippen molar-refractivity contribution in [1.82, 2.24) is 0 Å². The van der Waals surface area contributed by atoms with Crippen molar-refractivity contribution in [3.05, 3.63) is 11.1 Å². The third-order valence-electron chi connectivity index (χ3n) is 2.81. The first kappa shape index (κ1) is 18.8. The van der Waals surface area contributed by atoms with Crippen molar-refractivity contribution in [1.29, 1.82) is 0 Å². The van der Waals surface area contributed by atoms with Crippen molar-refractivity contribution in [2.45, 2.75) is 39.0 Å². The molecule has 0 N–H and O–H groups in total. The van der Waals surface area contributed by atoms with Crippen LogP contribution in [0, 0.1) is 0 Å². The average Bonchev–Trinajstić information content (AvgIpc) is 2.76. The second kappa shape index (κ2) is 6.91. The second-order valence-corrected chi connectivity index (χ2v) is 5.65. The van der Waals surface area contributed by atoms with Gasteiger partial charge < -0.3 is 18.9 Å². The van der Waals surface area contributed by atoms with Crippen LogP contribution in [0.1, 0.15) is 27.7 Å². The van der Waals surface area contributed by atoms with E-state index < -0.39 is 34.8 Å². The van der Waals surface area contributed by atoms with Crippen LogP contribution in [0.25, 0.3) is 0 Å². The van der Waals surface area contributed by atoms with Crippen LogP contribution in [-0.2, 0) is 33.3 Å². The molecule has 1 rings (SSSR count). The highest BCUT2D eigenvalue weighted by atomic mass is 16.7. The third kappa shape index (κ3) is 3.95. The van der Waals surface area contributed by atoms with Gasteiger partial charge in [-0.1, -0.05) is 0 Å². The summed E-state index contributed by atoms with van der Waals surface area (Å²) in [6.07, 6.45) is 1.19. The van der Waals surface area contributed by atoms with Gasteiger partial charge in [-0.3, -0.25) is 4.99 Å². The molecule has 0 aromatic heterocycles. The van der Waals surface area contributed by atoms with Crippen molar-refractivity contribution in [2.75, 3.05) is 20.8 Å². The fourth-order valence-corrected chi connectivity index (χ4v) is 1.87. The molecule has 0 radical (unpaired) electrons. The van der Waals surface area contributed by atoms with E-state index in [1.807, 2.05) is 20.8 Å². The number of hydrogen-bond donors (Lipinski definition) is 0. The van der Waals surface area contributed by atoms with Gasteiger partial charge in [-0.2, -0.15) is 0 Å². The Kier molecular flexibility index (Phi) is 5.65. The first-order chi connectivity index (χ1) is 10.6. The molecule has 0 aliphatic carbocycles. The summed E-state index contributed by atoms with van der Waals surface area (Å²) in [7, 11) is 2.20. The summed E-state index contributed by atoms with van der Waals surface area (Å²) in [6, 6.07) is 0. The smallest absolute Gasteiger partial charge is 0.349 e. The Morgan fingerprint density at radius 2 is 1.78 bits per heavy atom. The van der Waals surface area contributed by atoms with Gasteiger partial charge >= 0.3 is 17.9 Å². The summed E-state index contributed by atoms with van der Waals surface area (Å²) in [5.41, 5.74) is -1.47. The van der Waals surface area contributed by atoms with Gasteiger partial charge in [0.1, 0.15) is 5.57 Å². The Labute approximate surface area is 134 Å². The Bertz CT molecular complexity index is 571. The number of esters is 3. The highest BCUT2D eigenvalue weighted by Gasteiger charge is 2.54. The van der Waals surface area contributed by atoms with Crippen LogP contribution in [0.15, 0.2) is 16.1 Å². The summed E-state index contributed by atoms with van der Waals surface area (Å²) in [4.78, 5) is 40.3. The Morgan fingerprint density at radius 3 is 2.22 bits per heavy atom. The number of carbonyl (C=O) groups is 3. The molecule has 1 atom stereocenters. The van der Waals surface area contributed by atoms with E-state index in [9.17, 15) is 14.4 Å². The summed E-state index contributed by atoms with van der Waals surface area (Å²) in [5, 5.41) is 0. The lowest BCUT2D eigenvalue weighted by atomic mass is 10.0. The number of rotatable bonds is 5. The molecule has 1 aliphatic rings. The van der Waals surface area contributed by atoms with Crippen molar-refractivity contribution < 1.29 is 33.3 Å². The monoisotopic (exact) mass is 327 g/mol. The maximum absolute atomic E-state index is 12.1. The number of cyclic esters (lactones) is 1. The van der Waals surface area contributed by atoms with Gasteiger partial charge in [0.2, 0.25) is 0 Å². The summed E-state index contributed by atoms with van der Waals surface area (Å²) in [5.74, 6) is -4.91. The van der Waals surface area contributed by atoms with E-state index in [1.54, 1.807) is 6.92 Å².